The van der Waals surface area contributed by atoms with Gasteiger partial charge >= 0.3 is 5.97 Å². The minimum Gasteiger partial charge on any atom is -0.465 e. The van der Waals surface area contributed by atoms with Gasteiger partial charge in [-0.3, -0.25) is 0 Å². The third-order valence-electron chi connectivity index (χ3n) is 4.21. The second-order valence-electron chi connectivity index (χ2n) is 6.93. The highest BCUT2D eigenvalue weighted by Gasteiger charge is 2.26. The summed E-state index contributed by atoms with van der Waals surface area (Å²) in [6.45, 7) is 8.15. The predicted octanol–water partition coefficient (Wildman–Crippen LogP) is 4.70. The molecule has 0 aliphatic carbocycles. The van der Waals surface area contributed by atoms with E-state index in [4.69, 9.17) is 4.74 Å². The van der Waals surface area contributed by atoms with Crippen molar-refractivity contribution in [3.05, 3.63) is 59.2 Å². The van der Waals surface area contributed by atoms with Crippen molar-refractivity contribution in [2.75, 3.05) is 13.7 Å². The molecule has 2 aromatic rings. The van der Waals surface area contributed by atoms with Crippen molar-refractivity contribution in [1.29, 1.82) is 0 Å². The number of carbonyl (C=O) groups excluding carboxylic acids is 1. The molecule has 0 heterocycles. The molecule has 28 heavy (non-hydrogen) atoms. The Labute approximate surface area is 172 Å². The Balaban J connectivity index is 2.28. The summed E-state index contributed by atoms with van der Waals surface area (Å²) < 4.78 is 32.3. The minimum absolute atomic E-state index is 0.0734. The van der Waals surface area contributed by atoms with Crippen molar-refractivity contribution in [2.24, 2.45) is 5.92 Å². The van der Waals surface area contributed by atoms with Crippen LogP contribution in [0.5, 0.6) is 0 Å². The van der Waals surface area contributed by atoms with Gasteiger partial charge in [0.1, 0.15) is 0 Å². The van der Waals surface area contributed by atoms with Crippen molar-refractivity contribution in [1.82, 2.24) is 3.71 Å². The van der Waals surface area contributed by atoms with Crippen LogP contribution in [0.4, 0.5) is 0 Å². The average Bonchev–Trinajstić information content (AvgIpc) is 2.66. The second-order valence-corrected chi connectivity index (χ2v) is 10.1. The Bertz CT molecular complexity index is 922. The summed E-state index contributed by atoms with van der Waals surface area (Å²) in [7, 11) is -2.49. The zero-order valence-corrected chi connectivity index (χ0v) is 18.6. The van der Waals surface area contributed by atoms with Crippen molar-refractivity contribution in [3.8, 4) is 0 Å². The molecule has 0 atom stereocenters. The maximum Gasteiger partial charge on any atom is 0.338 e. The molecule has 0 amide bonds. The lowest BCUT2D eigenvalue weighted by molar-refractivity contribution is 0.0599. The van der Waals surface area contributed by atoms with E-state index in [0.717, 1.165) is 11.3 Å². The van der Waals surface area contributed by atoms with E-state index < -0.39 is 16.0 Å². The molecule has 2 rings (SSSR count). The lowest BCUT2D eigenvalue weighted by atomic mass is 10.0. The number of methoxy groups -OCH3 is 1. The second kappa shape index (κ2) is 9.58. The predicted molar refractivity (Wildman–Crippen MR) is 113 cm³/mol. The summed E-state index contributed by atoms with van der Waals surface area (Å²) in [5.74, 6) is 0.0163. The molecule has 5 nitrogen and oxygen atoms in total. The van der Waals surface area contributed by atoms with Crippen LogP contribution < -0.4 is 0 Å². The molecule has 0 radical (unpaired) electrons. The average molecular weight is 422 g/mol. The van der Waals surface area contributed by atoms with Crippen LogP contribution in [0.3, 0.4) is 0 Å². The fourth-order valence-corrected chi connectivity index (χ4v) is 5.38. The van der Waals surface area contributed by atoms with E-state index in [1.54, 1.807) is 19.9 Å². The van der Waals surface area contributed by atoms with Crippen LogP contribution in [0.2, 0.25) is 0 Å². The Morgan fingerprint density at radius 3 is 2.32 bits per heavy atom. The molecule has 0 aliphatic rings. The SMILES string of the molecule is CCN(Sc1ccc(CC(C)C)cc1)S(=O)(=O)c1ccc(C)c(C(=O)OC)c1. The molecule has 152 valence electrons. The lowest BCUT2D eigenvalue weighted by Crippen LogP contribution is -2.24. The minimum atomic E-state index is -3.77. The standard InChI is InChI=1S/C21H27NO4S2/c1-6-22(27-18-10-8-17(9-11-18)13-15(2)3)28(24,25)19-12-7-16(4)20(14-19)21(23)26-5/h7-12,14-15H,6,13H2,1-5H3. The monoisotopic (exact) mass is 421 g/mol. The zero-order chi connectivity index (χ0) is 20.9. The molecule has 0 saturated heterocycles. The van der Waals surface area contributed by atoms with Gasteiger partial charge in [-0.25, -0.2) is 13.2 Å². The smallest absolute Gasteiger partial charge is 0.338 e. The number of hydrogen-bond acceptors (Lipinski definition) is 5. The van der Waals surface area contributed by atoms with Gasteiger partial charge in [-0.15, -0.1) is 3.71 Å². The van der Waals surface area contributed by atoms with Gasteiger partial charge in [0, 0.05) is 11.4 Å². The van der Waals surface area contributed by atoms with Gasteiger partial charge in [-0.2, -0.15) is 0 Å². The number of aryl methyl sites for hydroxylation is 1. The first-order chi connectivity index (χ1) is 13.2. The normalized spacial score (nSPS) is 11.8. The van der Waals surface area contributed by atoms with Crippen LogP contribution >= 0.6 is 11.9 Å². The van der Waals surface area contributed by atoms with Gasteiger partial charge in [-0.05, 0) is 66.6 Å². The van der Waals surface area contributed by atoms with Crippen LogP contribution in [0, 0.1) is 12.8 Å². The third kappa shape index (κ3) is 5.37. The van der Waals surface area contributed by atoms with E-state index in [1.165, 1.54) is 40.5 Å². The van der Waals surface area contributed by atoms with Crippen LogP contribution in [0.25, 0.3) is 0 Å². The van der Waals surface area contributed by atoms with Crippen molar-refractivity contribution >= 4 is 27.9 Å². The lowest BCUT2D eigenvalue weighted by Gasteiger charge is -2.20. The van der Waals surface area contributed by atoms with Gasteiger partial charge in [0.15, 0.2) is 0 Å². The summed E-state index contributed by atoms with van der Waals surface area (Å²) in [4.78, 5) is 12.8. The Morgan fingerprint density at radius 1 is 1.14 bits per heavy atom. The first-order valence-corrected chi connectivity index (χ1v) is 11.4. The molecule has 0 saturated carbocycles. The molecule has 0 fully saturated rings. The van der Waals surface area contributed by atoms with Crippen LogP contribution in [-0.4, -0.2) is 31.8 Å². The first kappa shape index (κ1) is 22.5. The highest BCUT2D eigenvalue weighted by atomic mass is 32.3. The number of esters is 1. The van der Waals surface area contributed by atoms with E-state index >= 15 is 0 Å². The van der Waals surface area contributed by atoms with Crippen LogP contribution in [0.15, 0.2) is 52.3 Å². The highest BCUT2D eigenvalue weighted by Crippen LogP contribution is 2.30. The molecule has 0 aromatic heterocycles. The Morgan fingerprint density at radius 2 is 1.79 bits per heavy atom. The molecule has 0 spiro atoms. The first-order valence-electron chi connectivity index (χ1n) is 9.17. The summed E-state index contributed by atoms with van der Waals surface area (Å²) in [5, 5.41) is 0. The molecule has 0 unspecified atom stereocenters. The number of hydrogen-bond donors (Lipinski definition) is 0. The van der Waals surface area contributed by atoms with Gasteiger partial charge < -0.3 is 4.74 Å². The number of nitrogens with zero attached hydrogens (tertiary/aromatic N) is 1. The quantitative estimate of drug-likeness (QED) is 0.457. The Hall–Kier alpha value is -1.83. The summed E-state index contributed by atoms with van der Waals surface area (Å²) in [6, 6.07) is 12.5. The topological polar surface area (TPSA) is 63.7 Å². The fraction of sp³-hybridized carbons (Fsp3) is 0.381. The van der Waals surface area contributed by atoms with E-state index in [2.05, 4.69) is 13.8 Å². The number of benzene rings is 2. The number of rotatable bonds is 8. The third-order valence-corrected chi connectivity index (χ3v) is 7.61. The van der Waals surface area contributed by atoms with Crippen molar-refractivity contribution in [3.63, 3.8) is 0 Å². The van der Waals surface area contributed by atoms with Gasteiger partial charge in [0.05, 0.1) is 17.6 Å². The van der Waals surface area contributed by atoms with E-state index in [9.17, 15) is 13.2 Å². The van der Waals surface area contributed by atoms with Gasteiger partial charge in [-0.1, -0.05) is 39.0 Å². The maximum absolute atomic E-state index is 13.1. The molecule has 0 bridgehead atoms. The number of carbonyl (C=O) groups is 1. The number of ether oxygens (including phenoxy) is 1. The summed E-state index contributed by atoms with van der Waals surface area (Å²) in [5.41, 5.74) is 2.15. The molecule has 0 N–H and O–H groups in total. The van der Waals surface area contributed by atoms with Gasteiger partial charge in [0.2, 0.25) is 0 Å². The van der Waals surface area contributed by atoms with E-state index in [0.29, 0.717) is 18.0 Å². The summed E-state index contributed by atoms with van der Waals surface area (Å²) in [6.07, 6.45) is 0.987. The Kier molecular flexibility index (Phi) is 7.69. The summed E-state index contributed by atoms with van der Waals surface area (Å²) >= 11 is 1.17. The highest BCUT2D eigenvalue weighted by molar-refractivity contribution is 8.08. The maximum atomic E-state index is 13.1. The van der Waals surface area contributed by atoms with Gasteiger partial charge in [0.25, 0.3) is 10.0 Å². The van der Waals surface area contributed by atoms with Crippen molar-refractivity contribution < 1.29 is 17.9 Å². The van der Waals surface area contributed by atoms with E-state index in [1.807, 2.05) is 24.3 Å². The fourth-order valence-electron chi connectivity index (χ4n) is 2.77. The van der Waals surface area contributed by atoms with Crippen LogP contribution in [0.1, 0.15) is 42.3 Å². The largest absolute Gasteiger partial charge is 0.465 e. The number of sulfonamides is 1. The molecular weight excluding hydrogens is 394 g/mol. The molecule has 7 heteroatoms. The molecular formula is C21H27NO4S2. The molecule has 2 aromatic carbocycles. The van der Waals surface area contributed by atoms with Crippen molar-refractivity contribution in [2.45, 2.75) is 43.9 Å². The zero-order valence-electron chi connectivity index (χ0n) is 16.9. The van der Waals surface area contributed by atoms with Crippen LogP contribution in [-0.2, 0) is 21.2 Å². The van der Waals surface area contributed by atoms with E-state index in [-0.39, 0.29) is 10.5 Å². The molecule has 0 aliphatic heterocycles.